The van der Waals surface area contributed by atoms with Gasteiger partial charge in [0.1, 0.15) is 11.0 Å². The highest BCUT2D eigenvalue weighted by molar-refractivity contribution is 9.10. The van der Waals surface area contributed by atoms with Gasteiger partial charge in [-0.05, 0) is 30.2 Å². The quantitative estimate of drug-likeness (QED) is 0.385. The molecule has 1 heterocycles. The number of hydrogen-bond acceptors (Lipinski definition) is 5. The van der Waals surface area contributed by atoms with Crippen LogP contribution in [0.1, 0.15) is 20.3 Å². The fourth-order valence-corrected chi connectivity index (χ4v) is 3.77. The van der Waals surface area contributed by atoms with Gasteiger partial charge in [-0.3, -0.25) is 10.1 Å². The lowest BCUT2D eigenvalue weighted by Crippen LogP contribution is -2.49. The van der Waals surface area contributed by atoms with Gasteiger partial charge >= 0.3 is 6.03 Å². The molecule has 1 aromatic heterocycles. The van der Waals surface area contributed by atoms with Crippen LogP contribution in [0.15, 0.2) is 46.9 Å². The minimum atomic E-state index is -1.09. The molecule has 7 nitrogen and oxygen atoms in total. The maximum atomic E-state index is 13.4. The third-order valence-corrected chi connectivity index (χ3v) is 6.12. The van der Waals surface area contributed by atoms with Gasteiger partial charge in [0.25, 0.3) is 0 Å². The Hall–Kier alpha value is -2.92. The predicted molar refractivity (Wildman–Crippen MR) is 123 cm³/mol. The number of halogens is 3. The molecule has 3 rings (SSSR count). The van der Waals surface area contributed by atoms with Gasteiger partial charge in [0.2, 0.25) is 11.0 Å². The van der Waals surface area contributed by atoms with Crippen molar-refractivity contribution in [1.29, 1.82) is 0 Å². The number of nitrogens with zero attached hydrogens (tertiary/aromatic N) is 2. The molecule has 3 N–H and O–H groups in total. The molecule has 3 aromatic rings. The fraction of sp³-hybridized carbons (Fsp3) is 0.238. The number of anilines is 2. The van der Waals surface area contributed by atoms with Crippen LogP contribution in [0.4, 0.5) is 24.4 Å². The van der Waals surface area contributed by atoms with Crippen LogP contribution in [0.3, 0.4) is 0 Å². The molecule has 11 heteroatoms. The van der Waals surface area contributed by atoms with Crippen LogP contribution in [0, 0.1) is 17.6 Å². The maximum absolute atomic E-state index is 13.4. The van der Waals surface area contributed by atoms with Gasteiger partial charge in [0.05, 0.1) is 0 Å². The number of aromatic nitrogens is 2. The molecule has 0 bridgehead atoms. The van der Waals surface area contributed by atoms with E-state index in [-0.39, 0.29) is 11.6 Å². The summed E-state index contributed by atoms with van der Waals surface area (Å²) in [5.74, 6) is -2.77. The molecule has 2 atom stereocenters. The second-order valence-corrected chi connectivity index (χ2v) is 8.89. The first-order valence-electron chi connectivity index (χ1n) is 9.69. The van der Waals surface area contributed by atoms with Gasteiger partial charge in [-0.25, -0.2) is 13.6 Å². The van der Waals surface area contributed by atoms with Crippen molar-refractivity contribution in [1.82, 2.24) is 15.5 Å². The van der Waals surface area contributed by atoms with Crippen LogP contribution in [0.5, 0.6) is 0 Å². The molecule has 168 valence electrons. The standard InChI is InChI=1S/C21H20BrF2N5O2S/c1-3-11(2)17(26-20(31)25-14-8-9-15(23)16(24)10-14)18(30)27-21-29-28-19(32-21)12-4-6-13(22)7-5-12/h4-11,17H,3H2,1-2H3,(H2,25,26,31)(H,27,29,30). The first kappa shape index (κ1) is 23.7. The Labute approximate surface area is 195 Å². The van der Waals surface area contributed by atoms with E-state index in [4.69, 9.17) is 0 Å². The third kappa shape index (κ3) is 6.07. The lowest BCUT2D eigenvalue weighted by atomic mass is 9.98. The SMILES string of the molecule is CCC(C)C(NC(=O)Nc1ccc(F)c(F)c1)C(=O)Nc1nnc(-c2ccc(Br)cc2)s1. The van der Waals surface area contributed by atoms with Crippen molar-refractivity contribution in [3.05, 3.63) is 58.6 Å². The molecule has 0 radical (unpaired) electrons. The number of rotatable bonds is 7. The van der Waals surface area contributed by atoms with E-state index in [1.165, 1.54) is 17.4 Å². The monoisotopic (exact) mass is 523 g/mol. The number of urea groups is 1. The molecule has 0 saturated carbocycles. The second-order valence-electron chi connectivity index (χ2n) is 7.00. The van der Waals surface area contributed by atoms with Crippen LogP contribution >= 0.6 is 27.3 Å². The van der Waals surface area contributed by atoms with E-state index in [9.17, 15) is 18.4 Å². The average Bonchev–Trinajstić information content (AvgIpc) is 3.23. The normalized spacial score (nSPS) is 12.7. The van der Waals surface area contributed by atoms with E-state index in [1.54, 1.807) is 0 Å². The summed E-state index contributed by atoms with van der Waals surface area (Å²) in [6.07, 6.45) is 0.615. The zero-order valence-electron chi connectivity index (χ0n) is 17.2. The summed E-state index contributed by atoms with van der Waals surface area (Å²) in [5.41, 5.74) is 0.918. The Morgan fingerprint density at radius 1 is 1.06 bits per heavy atom. The number of nitrogens with one attached hydrogen (secondary N) is 3. The highest BCUT2D eigenvalue weighted by atomic mass is 79.9. The van der Waals surface area contributed by atoms with Crippen molar-refractivity contribution < 1.29 is 18.4 Å². The van der Waals surface area contributed by atoms with Gasteiger partial charge < -0.3 is 10.6 Å². The Morgan fingerprint density at radius 2 is 1.78 bits per heavy atom. The summed E-state index contributed by atoms with van der Waals surface area (Å²) in [6.45, 7) is 3.70. The lowest BCUT2D eigenvalue weighted by molar-refractivity contribution is -0.119. The average molecular weight is 524 g/mol. The molecule has 3 amide bonds. The number of benzene rings is 2. The Balaban J connectivity index is 1.67. The molecule has 2 aromatic carbocycles. The van der Waals surface area contributed by atoms with Crippen molar-refractivity contribution in [3.63, 3.8) is 0 Å². The molecule has 32 heavy (non-hydrogen) atoms. The predicted octanol–water partition coefficient (Wildman–Crippen LogP) is 5.42. The summed E-state index contributed by atoms with van der Waals surface area (Å²) in [7, 11) is 0. The van der Waals surface area contributed by atoms with Crippen LogP contribution < -0.4 is 16.0 Å². The molecule has 0 aliphatic rings. The minimum Gasteiger partial charge on any atom is -0.326 e. The van der Waals surface area contributed by atoms with Gasteiger partial charge in [-0.1, -0.05) is 59.7 Å². The van der Waals surface area contributed by atoms with E-state index in [0.717, 1.165) is 22.2 Å². The van der Waals surface area contributed by atoms with Crippen molar-refractivity contribution in [2.45, 2.75) is 26.3 Å². The van der Waals surface area contributed by atoms with Crippen LogP contribution in [-0.2, 0) is 4.79 Å². The first-order chi connectivity index (χ1) is 15.3. The third-order valence-electron chi connectivity index (χ3n) is 4.71. The largest absolute Gasteiger partial charge is 0.326 e. The summed E-state index contributed by atoms with van der Waals surface area (Å²) in [6, 6.07) is 8.90. The topological polar surface area (TPSA) is 96.0 Å². The van der Waals surface area contributed by atoms with E-state index < -0.39 is 29.6 Å². The smallest absolute Gasteiger partial charge is 0.319 e. The maximum Gasteiger partial charge on any atom is 0.319 e. The Bertz CT molecular complexity index is 1110. The molecular formula is C21H20BrF2N5O2S. The van der Waals surface area contributed by atoms with Crippen LogP contribution in [0.2, 0.25) is 0 Å². The zero-order chi connectivity index (χ0) is 23.3. The van der Waals surface area contributed by atoms with Crippen molar-refractivity contribution in [2.75, 3.05) is 10.6 Å². The van der Waals surface area contributed by atoms with Crippen molar-refractivity contribution >= 4 is 50.0 Å². The lowest BCUT2D eigenvalue weighted by Gasteiger charge is -2.23. The minimum absolute atomic E-state index is 0.0629. The second kappa shape index (κ2) is 10.6. The van der Waals surface area contributed by atoms with Gasteiger partial charge in [0.15, 0.2) is 11.6 Å². The first-order valence-corrected chi connectivity index (χ1v) is 11.3. The van der Waals surface area contributed by atoms with E-state index >= 15 is 0 Å². The van der Waals surface area contributed by atoms with E-state index in [2.05, 4.69) is 42.1 Å². The highest BCUT2D eigenvalue weighted by Gasteiger charge is 2.27. The number of carbonyl (C=O) groups excluding carboxylic acids is 2. The Kier molecular flexibility index (Phi) is 7.86. The summed E-state index contributed by atoms with van der Waals surface area (Å²) >= 11 is 4.58. The van der Waals surface area contributed by atoms with E-state index in [1.807, 2.05) is 38.1 Å². The molecule has 0 saturated heterocycles. The van der Waals surface area contributed by atoms with E-state index in [0.29, 0.717) is 16.6 Å². The summed E-state index contributed by atoms with van der Waals surface area (Å²) in [5, 5.41) is 16.7. The molecular weight excluding hydrogens is 504 g/mol. The number of amides is 3. The molecule has 2 unspecified atom stereocenters. The summed E-state index contributed by atoms with van der Waals surface area (Å²) < 4.78 is 27.4. The molecule has 0 spiro atoms. The van der Waals surface area contributed by atoms with Crippen molar-refractivity contribution in [2.24, 2.45) is 5.92 Å². The van der Waals surface area contributed by atoms with Crippen LogP contribution in [0.25, 0.3) is 10.6 Å². The van der Waals surface area contributed by atoms with Gasteiger partial charge in [0, 0.05) is 21.8 Å². The summed E-state index contributed by atoms with van der Waals surface area (Å²) in [4.78, 5) is 25.2. The fourth-order valence-electron chi connectivity index (χ4n) is 2.75. The van der Waals surface area contributed by atoms with Crippen molar-refractivity contribution in [3.8, 4) is 10.6 Å². The Morgan fingerprint density at radius 3 is 2.44 bits per heavy atom. The van der Waals surface area contributed by atoms with Gasteiger partial charge in [-0.15, -0.1) is 10.2 Å². The molecule has 0 aliphatic heterocycles. The number of carbonyl (C=O) groups is 2. The molecule has 0 fully saturated rings. The number of hydrogen-bond donors (Lipinski definition) is 3. The van der Waals surface area contributed by atoms with Crippen LogP contribution in [-0.4, -0.2) is 28.2 Å². The zero-order valence-corrected chi connectivity index (χ0v) is 19.6. The highest BCUT2D eigenvalue weighted by Crippen LogP contribution is 2.27. The van der Waals surface area contributed by atoms with Gasteiger partial charge in [-0.2, -0.15) is 0 Å². The molecule has 0 aliphatic carbocycles.